The second kappa shape index (κ2) is 8.17. The highest BCUT2D eigenvalue weighted by Crippen LogP contribution is 2.42. The van der Waals surface area contributed by atoms with Crippen molar-refractivity contribution in [3.8, 4) is 10.4 Å². The predicted molar refractivity (Wildman–Crippen MR) is 113 cm³/mol. The topological polar surface area (TPSA) is 58.1 Å². The smallest absolute Gasteiger partial charge is 0.365 e. The lowest BCUT2D eigenvalue weighted by molar-refractivity contribution is -0.137. The van der Waals surface area contributed by atoms with Crippen molar-refractivity contribution in [1.29, 1.82) is 0 Å². The highest BCUT2D eigenvalue weighted by atomic mass is 32.1. The van der Waals surface area contributed by atoms with E-state index in [1.165, 1.54) is 6.20 Å². The van der Waals surface area contributed by atoms with E-state index in [2.05, 4.69) is 15.3 Å². The van der Waals surface area contributed by atoms with Crippen LogP contribution in [0.2, 0.25) is 0 Å². The summed E-state index contributed by atoms with van der Waals surface area (Å²) >= 11 is 1.13. The summed E-state index contributed by atoms with van der Waals surface area (Å²) in [6.45, 7) is 9.96. The van der Waals surface area contributed by atoms with E-state index in [0.717, 1.165) is 30.2 Å². The maximum Gasteiger partial charge on any atom is 0.417 e. The standard InChI is InChI=1S/C21H27F3N4OS/c1-6-16-26-17(19(29)28-9-7-8-12(28)2)18(30-16)13-11-25-15(27-20(3,4)5)10-14(13)21(22,23)24/h10-12H,6-9H2,1-5H3,(H,25,27)/t12-/m0/s1. The molecule has 1 N–H and O–H groups in total. The number of hydrogen-bond donors (Lipinski definition) is 1. The molecule has 1 atom stereocenters. The van der Waals surface area contributed by atoms with E-state index < -0.39 is 17.3 Å². The first kappa shape index (κ1) is 22.5. The molecule has 0 aliphatic carbocycles. The van der Waals surface area contributed by atoms with Crippen molar-refractivity contribution in [1.82, 2.24) is 14.9 Å². The summed E-state index contributed by atoms with van der Waals surface area (Å²) in [6, 6.07) is 1.06. The van der Waals surface area contributed by atoms with Crippen molar-refractivity contribution in [2.75, 3.05) is 11.9 Å². The number of anilines is 1. The predicted octanol–water partition coefficient (Wildman–Crippen LogP) is 5.62. The van der Waals surface area contributed by atoms with E-state index in [9.17, 15) is 18.0 Å². The van der Waals surface area contributed by atoms with Gasteiger partial charge in [-0.25, -0.2) is 9.97 Å². The molecule has 0 aromatic carbocycles. The summed E-state index contributed by atoms with van der Waals surface area (Å²) in [6.07, 6.45) is -1.08. The summed E-state index contributed by atoms with van der Waals surface area (Å²) in [5.41, 5.74) is -1.27. The number of aromatic nitrogens is 2. The quantitative estimate of drug-likeness (QED) is 0.670. The third-order valence-corrected chi connectivity index (χ3v) is 6.18. The molecule has 1 amide bonds. The molecule has 0 spiro atoms. The Morgan fingerprint density at radius 1 is 1.33 bits per heavy atom. The number of hydrogen-bond acceptors (Lipinski definition) is 5. The Bertz CT molecular complexity index is 933. The lowest BCUT2D eigenvalue weighted by Gasteiger charge is -2.23. The number of alkyl halides is 3. The first-order valence-electron chi connectivity index (χ1n) is 10.1. The van der Waals surface area contributed by atoms with Gasteiger partial charge < -0.3 is 10.2 Å². The monoisotopic (exact) mass is 440 g/mol. The van der Waals surface area contributed by atoms with Crippen LogP contribution in [0.3, 0.4) is 0 Å². The molecule has 0 saturated carbocycles. The zero-order valence-corrected chi connectivity index (χ0v) is 18.7. The van der Waals surface area contributed by atoms with E-state index in [1.54, 1.807) is 4.90 Å². The third-order valence-electron chi connectivity index (χ3n) is 4.95. The minimum Gasteiger partial charge on any atom is -0.365 e. The Labute approximate surface area is 178 Å². The summed E-state index contributed by atoms with van der Waals surface area (Å²) in [7, 11) is 0. The van der Waals surface area contributed by atoms with Gasteiger partial charge >= 0.3 is 6.18 Å². The van der Waals surface area contributed by atoms with Gasteiger partial charge in [0.05, 0.1) is 15.4 Å². The number of carbonyl (C=O) groups is 1. The SMILES string of the molecule is CCc1nc(C(=O)N2CCC[C@@H]2C)c(-c2cnc(NC(C)(C)C)cc2C(F)(F)F)s1. The highest BCUT2D eigenvalue weighted by Gasteiger charge is 2.38. The Balaban J connectivity index is 2.12. The Morgan fingerprint density at radius 2 is 2.03 bits per heavy atom. The van der Waals surface area contributed by atoms with E-state index in [0.29, 0.717) is 18.0 Å². The maximum absolute atomic E-state index is 14.0. The molecule has 164 valence electrons. The second-order valence-corrected chi connectivity index (χ2v) is 9.70. The number of pyridine rings is 1. The van der Waals surface area contributed by atoms with Gasteiger partial charge in [0.1, 0.15) is 11.5 Å². The highest BCUT2D eigenvalue weighted by molar-refractivity contribution is 7.15. The maximum atomic E-state index is 14.0. The fraction of sp³-hybridized carbons (Fsp3) is 0.571. The summed E-state index contributed by atoms with van der Waals surface area (Å²) in [5, 5.41) is 3.61. The average Bonchev–Trinajstić information content (AvgIpc) is 3.25. The van der Waals surface area contributed by atoms with Crippen LogP contribution in [0.25, 0.3) is 10.4 Å². The summed E-state index contributed by atoms with van der Waals surface area (Å²) in [4.78, 5) is 23.7. The molecule has 1 aliphatic rings. The van der Waals surface area contributed by atoms with Crippen molar-refractivity contribution in [3.63, 3.8) is 0 Å². The fourth-order valence-corrected chi connectivity index (χ4v) is 4.56. The van der Waals surface area contributed by atoms with Crippen molar-refractivity contribution < 1.29 is 18.0 Å². The second-order valence-electron chi connectivity index (χ2n) is 8.62. The van der Waals surface area contributed by atoms with Crippen molar-refractivity contribution >= 4 is 23.1 Å². The van der Waals surface area contributed by atoms with Crippen LogP contribution in [0.1, 0.15) is 68.5 Å². The number of amides is 1. The molecule has 2 aromatic heterocycles. The van der Waals surface area contributed by atoms with Crippen molar-refractivity contribution in [3.05, 3.63) is 28.5 Å². The van der Waals surface area contributed by atoms with Gasteiger partial charge in [0.2, 0.25) is 0 Å². The van der Waals surface area contributed by atoms with Crippen LogP contribution >= 0.6 is 11.3 Å². The third kappa shape index (κ3) is 4.77. The zero-order valence-electron chi connectivity index (χ0n) is 17.9. The number of aryl methyl sites for hydroxylation is 1. The van der Waals surface area contributed by atoms with E-state index in [1.807, 2.05) is 34.6 Å². The summed E-state index contributed by atoms with van der Waals surface area (Å²) < 4.78 is 41.9. The van der Waals surface area contributed by atoms with Crippen LogP contribution in [-0.2, 0) is 12.6 Å². The molecule has 3 heterocycles. The number of rotatable bonds is 4. The van der Waals surface area contributed by atoms with Crippen LogP contribution in [0.5, 0.6) is 0 Å². The Kier molecular flexibility index (Phi) is 6.13. The number of carbonyl (C=O) groups excluding carboxylic acids is 1. The van der Waals surface area contributed by atoms with Gasteiger partial charge in [0.15, 0.2) is 0 Å². The number of halogens is 3. The van der Waals surface area contributed by atoms with Gasteiger partial charge in [0, 0.05) is 29.9 Å². The fourth-order valence-electron chi connectivity index (χ4n) is 3.54. The molecule has 0 unspecified atom stereocenters. The van der Waals surface area contributed by atoms with Gasteiger partial charge in [-0.05, 0) is 53.0 Å². The molecule has 1 fully saturated rings. The first-order chi connectivity index (χ1) is 13.9. The lowest BCUT2D eigenvalue weighted by atomic mass is 10.1. The summed E-state index contributed by atoms with van der Waals surface area (Å²) in [5.74, 6) is -0.171. The molecule has 1 aliphatic heterocycles. The Hall–Kier alpha value is -2.16. The van der Waals surface area contributed by atoms with E-state index in [4.69, 9.17) is 0 Å². The van der Waals surface area contributed by atoms with Gasteiger partial charge in [-0.2, -0.15) is 13.2 Å². The van der Waals surface area contributed by atoms with Gasteiger partial charge in [-0.1, -0.05) is 6.92 Å². The molecule has 0 radical (unpaired) electrons. The van der Waals surface area contributed by atoms with Crippen LogP contribution in [0, 0.1) is 0 Å². The number of thiazole rings is 1. The van der Waals surface area contributed by atoms with E-state index >= 15 is 0 Å². The van der Waals surface area contributed by atoms with Crippen LogP contribution < -0.4 is 5.32 Å². The molecule has 5 nitrogen and oxygen atoms in total. The van der Waals surface area contributed by atoms with Crippen molar-refractivity contribution in [2.24, 2.45) is 0 Å². The minimum atomic E-state index is -4.59. The molecule has 9 heteroatoms. The molecular weight excluding hydrogens is 413 g/mol. The molecule has 0 bridgehead atoms. The number of likely N-dealkylation sites (tertiary alicyclic amines) is 1. The van der Waals surface area contributed by atoms with Crippen LogP contribution in [0.15, 0.2) is 12.3 Å². The van der Waals surface area contributed by atoms with Crippen molar-refractivity contribution in [2.45, 2.75) is 71.6 Å². The van der Waals surface area contributed by atoms with Crippen LogP contribution in [-0.4, -0.2) is 38.9 Å². The largest absolute Gasteiger partial charge is 0.417 e. The molecule has 1 saturated heterocycles. The molecule has 2 aromatic rings. The van der Waals surface area contributed by atoms with E-state index in [-0.39, 0.29) is 33.9 Å². The average molecular weight is 441 g/mol. The van der Waals surface area contributed by atoms with Crippen LogP contribution in [0.4, 0.5) is 19.0 Å². The Morgan fingerprint density at radius 3 is 2.57 bits per heavy atom. The lowest BCUT2D eigenvalue weighted by Crippen LogP contribution is -2.34. The minimum absolute atomic E-state index is 0.0516. The molecular formula is C21H27F3N4OS. The van der Waals surface area contributed by atoms with Gasteiger partial charge in [-0.15, -0.1) is 11.3 Å². The number of nitrogens with one attached hydrogen (secondary N) is 1. The molecule has 3 rings (SSSR count). The van der Waals surface area contributed by atoms with Gasteiger partial charge in [-0.3, -0.25) is 4.79 Å². The molecule has 30 heavy (non-hydrogen) atoms. The first-order valence-corrected chi connectivity index (χ1v) is 10.9. The normalized spacial score (nSPS) is 17.5. The zero-order chi connectivity index (χ0) is 22.3. The number of nitrogens with zero attached hydrogens (tertiary/aromatic N) is 3. The van der Waals surface area contributed by atoms with Gasteiger partial charge in [0.25, 0.3) is 5.91 Å².